The highest BCUT2D eigenvalue weighted by Crippen LogP contribution is 2.39. The van der Waals surface area contributed by atoms with E-state index in [9.17, 15) is 14.7 Å². The van der Waals surface area contributed by atoms with Crippen LogP contribution in [-0.2, 0) is 30.4 Å². The summed E-state index contributed by atoms with van der Waals surface area (Å²) < 4.78 is 18.6. The van der Waals surface area contributed by atoms with Gasteiger partial charge >= 0.3 is 5.97 Å². The van der Waals surface area contributed by atoms with Crippen LogP contribution in [0.4, 0.5) is 5.69 Å². The first-order valence-electron chi connectivity index (χ1n) is 13.0. The summed E-state index contributed by atoms with van der Waals surface area (Å²) in [5.74, 6) is -0.336. The molecule has 2 aliphatic rings. The van der Waals surface area contributed by atoms with Crippen molar-refractivity contribution in [3.63, 3.8) is 0 Å². The Kier molecular flexibility index (Phi) is 8.64. The predicted octanol–water partition coefficient (Wildman–Crippen LogP) is 4.49. The van der Waals surface area contributed by atoms with E-state index >= 15 is 0 Å². The molecule has 2 aromatic rings. The first-order chi connectivity index (χ1) is 17.6. The lowest BCUT2D eigenvalue weighted by atomic mass is 9.99. The summed E-state index contributed by atoms with van der Waals surface area (Å²) in [5, 5.41) is 12.2. The molecule has 2 aliphatic heterocycles. The van der Waals surface area contributed by atoms with Crippen molar-refractivity contribution in [2.45, 2.75) is 83.7 Å². The lowest BCUT2D eigenvalue weighted by Crippen LogP contribution is -2.45. The third-order valence-electron chi connectivity index (χ3n) is 6.57. The summed E-state index contributed by atoms with van der Waals surface area (Å²) in [6, 6.07) is 14.9. The molecule has 0 aromatic heterocycles. The number of aliphatic hydroxyl groups excluding tert-OH is 1. The minimum atomic E-state index is -0.641. The van der Waals surface area contributed by atoms with Crippen LogP contribution in [-0.4, -0.2) is 52.7 Å². The van der Waals surface area contributed by atoms with Crippen LogP contribution in [0.1, 0.15) is 76.0 Å². The number of hydrogen-bond acceptors (Lipinski definition) is 7. The first kappa shape index (κ1) is 27.3. The average molecular weight is 511 g/mol. The van der Waals surface area contributed by atoms with Gasteiger partial charge < -0.3 is 24.6 Å². The number of benzene rings is 2. The van der Waals surface area contributed by atoms with Gasteiger partial charge in [0.2, 0.25) is 5.91 Å². The van der Waals surface area contributed by atoms with Crippen LogP contribution >= 0.6 is 0 Å². The Balaban J connectivity index is 1.55. The summed E-state index contributed by atoms with van der Waals surface area (Å²) in [6.07, 6.45) is 1.26. The number of likely N-dealkylation sites (tertiary alicyclic amines) is 1. The normalized spacial score (nSPS) is 24.6. The molecule has 2 saturated heterocycles. The second-order valence-electron chi connectivity index (χ2n) is 10.8. The van der Waals surface area contributed by atoms with Gasteiger partial charge in [-0.25, -0.2) is 0 Å². The zero-order valence-electron chi connectivity index (χ0n) is 22.1. The molecule has 2 N–H and O–H groups in total. The number of hydrogen-bond donors (Lipinski definition) is 2. The molecule has 0 spiro atoms. The van der Waals surface area contributed by atoms with Crippen molar-refractivity contribution >= 4 is 17.6 Å². The number of carbonyl (C=O) groups excluding carboxylic acids is 2. The topological polar surface area (TPSA) is 97.3 Å². The minimum absolute atomic E-state index is 0.0167. The SMILES string of the molecule is CC(=O)Nc1cccc([C@@H]2O[C@H](CN3CCC[C@H]3C(=O)OC(C)(C)C)C[C@H](c3ccc(CO)cc3)O2)c1. The highest BCUT2D eigenvalue weighted by atomic mass is 16.7. The van der Waals surface area contributed by atoms with E-state index in [2.05, 4.69) is 10.2 Å². The van der Waals surface area contributed by atoms with Gasteiger partial charge in [0.05, 0.1) is 18.8 Å². The molecule has 0 saturated carbocycles. The fourth-order valence-electron chi connectivity index (χ4n) is 4.94. The molecule has 2 heterocycles. The quantitative estimate of drug-likeness (QED) is 0.530. The van der Waals surface area contributed by atoms with Gasteiger partial charge in [-0.2, -0.15) is 0 Å². The lowest BCUT2D eigenvalue weighted by molar-refractivity contribution is -0.253. The standard InChI is InChI=1S/C29H38N2O6/c1-19(33)30-23-8-5-7-22(15-23)28-35-24(16-26(36-28)21-12-10-20(18-32)11-13-21)17-31-14-6-9-25(31)27(34)37-29(2,3)4/h5,7-8,10-13,15,24-26,28,32H,6,9,14,16-18H2,1-4H3,(H,30,33)/t24-,25-,26+,28+/m0/s1. The molecule has 37 heavy (non-hydrogen) atoms. The Bertz CT molecular complexity index is 1080. The maximum atomic E-state index is 12.9. The number of rotatable bonds is 7. The van der Waals surface area contributed by atoms with Crippen molar-refractivity contribution in [3.05, 3.63) is 65.2 Å². The number of ether oxygens (including phenoxy) is 3. The van der Waals surface area contributed by atoms with E-state index < -0.39 is 11.9 Å². The molecule has 1 amide bonds. The summed E-state index contributed by atoms with van der Waals surface area (Å²) in [7, 11) is 0. The smallest absolute Gasteiger partial charge is 0.323 e. The maximum absolute atomic E-state index is 12.9. The molecule has 2 fully saturated rings. The van der Waals surface area contributed by atoms with E-state index in [0.717, 1.165) is 36.1 Å². The third kappa shape index (κ3) is 7.38. The van der Waals surface area contributed by atoms with E-state index in [4.69, 9.17) is 14.2 Å². The van der Waals surface area contributed by atoms with Gasteiger partial charge in [0.25, 0.3) is 0 Å². The lowest BCUT2D eigenvalue weighted by Gasteiger charge is -2.38. The number of amides is 1. The van der Waals surface area contributed by atoms with Crippen molar-refractivity contribution in [2.75, 3.05) is 18.4 Å². The zero-order chi connectivity index (χ0) is 26.6. The van der Waals surface area contributed by atoms with Crippen molar-refractivity contribution < 1.29 is 28.9 Å². The Morgan fingerprint density at radius 1 is 1.11 bits per heavy atom. The van der Waals surface area contributed by atoms with Crippen LogP contribution in [0.25, 0.3) is 0 Å². The molecular weight excluding hydrogens is 472 g/mol. The molecule has 0 unspecified atom stereocenters. The van der Waals surface area contributed by atoms with Crippen LogP contribution in [0.2, 0.25) is 0 Å². The van der Waals surface area contributed by atoms with E-state index in [1.807, 2.05) is 69.3 Å². The van der Waals surface area contributed by atoms with Gasteiger partial charge in [-0.15, -0.1) is 0 Å². The molecule has 2 aromatic carbocycles. The summed E-state index contributed by atoms with van der Waals surface area (Å²) in [4.78, 5) is 26.6. The van der Waals surface area contributed by atoms with Gasteiger partial charge in [-0.1, -0.05) is 36.4 Å². The molecule has 200 valence electrons. The molecule has 8 heteroatoms. The number of nitrogens with zero attached hydrogens (tertiary/aromatic N) is 1. The monoisotopic (exact) mass is 510 g/mol. The van der Waals surface area contributed by atoms with Crippen molar-refractivity contribution in [1.29, 1.82) is 0 Å². The molecular formula is C29H38N2O6. The van der Waals surface area contributed by atoms with Crippen molar-refractivity contribution in [2.24, 2.45) is 0 Å². The van der Waals surface area contributed by atoms with Gasteiger partial charge in [-0.05, 0) is 63.4 Å². The Morgan fingerprint density at radius 2 is 1.86 bits per heavy atom. The molecule has 8 nitrogen and oxygen atoms in total. The first-order valence-corrected chi connectivity index (χ1v) is 13.0. The van der Waals surface area contributed by atoms with E-state index in [-0.39, 0.29) is 36.7 Å². The van der Waals surface area contributed by atoms with Gasteiger partial charge in [0.1, 0.15) is 11.6 Å². The van der Waals surface area contributed by atoms with Crippen LogP contribution in [0.15, 0.2) is 48.5 Å². The summed E-state index contributed by atoms with van der Waals surface area (Å²) >= 11 is 0. The van der Waals surface area contributed by atoms with Crippen molar-refractivity contribution in [3.8, 4) is 0 Å². The molecule has 4 rings (SSSR count). The number of esters is 1. The molecule has 4 atom stereocenters. The van der Waals surface area contributed by atoms with E-state index in [1.54, 1.807) is 0 Å². The highest BCUT2D eigenvalue weighted by molar-refractivity contribution is 5.88. The number of carbonyl (C=O) groups is 2. The van der Waals surface area contributed by atoms with Gasteiger partial charge in [0, 0.05) is 31.1 Å². The van der Waals surface area contributed by atoms with E-state index in [1.165, 1.54) is 6.92 Å². The van der Waals surface area contributed by atoms with Crippen LogP contribution in [0, 0.1) is 0 Å². The van der Waals surface area contributed by atoms with Crippen molar-refractivity contribution in [1.82, 2.24) is 4.90 Å². The Morgan fingerprint density at radius 3 is 2.54 bits per heavy atom. The Hall–Kier alpha value is -2.78. The fourth-order valence-corrected chi connectivity index (χ4v) is 4.94. The fraction of sp³-hybridized carbons (Fsp3) is 0.517. The predicted molar refractivity (Wildman–Crippen MR) is 140 cm³/mol. The molecule has 0 radical (unpaired) electrons. The van der Waals surface area contributed by atoms with E-state index in [0.29, 0.717) is 18.7 Å². The average Bonchev–Trinajstić information content (AvgIpc) is 3.31. The van der Waals surface area contributed by atoms with Crippen LogP contribution < -0.4 is 5.32 Å². The third-order valence-corrected chi connectivity index (χ3v) is 6.57. The largest absolute Gasteiger partial charge is 0.459 e. The number of aliphatic hydroxyl groups is 1. The zero-order valence-corrected chi connectivity index (χ0v) is 22.1. The van der Waals surface area contributed by atoms with Crippen LogP contribution in [0.5, 0.6) is 0 Å². The summed E-state index contributed by atoms with van der Waals surface area (Å²) in [6.45, 7) is 8.51. The summed E-state index contributed by atoms with van der Waals surface area (Å²) in [5.41, 5.74) is 2.78. The second-order valence-corrected chi connectivity index (χ2v) is 10.8. The second kappa shape index (κ2) is 11.7. The number of nitrogens with one attached hydrogen (secondary N) is 1. The van der Waals surface area contributed by atoms with Crippen LogP contribution in [0.3, 0.4) is 0 Å². The maximum Gasteiger partial charge on any atom is 0.323 e. The molecule has 0 bridgehead atoms. The van der Waals surface area contributed by atoms with Gasteiger partial charge in [-0.3, -0.25) is 14.5 Å². The van der Waals surface area contributed by atoms with Gasteiger partial charge in [0.15, 0.2) is 6.29 Å². The molecule has 0 aliphatic carbocycles. The number of anilines is 1. The minimum Gasteiger partial charge on any atom is -0.459 e. The highest BCUT2D eigenvalue weighted by Gasteiger charge is 2.38. The Labute approximate surface area is 218 Å².